The summed E-state index contributed by atoms with van der Waals surface area (Å²) in [6.45, 7) is 0.563. The molecule has 37 heavy (non-hydrogen) atoms. The predicted molar refractivity (Wildman–Crippen MR) is 140 cm³/mol. The lowest BCUT2D eigenvalue weighted by Crippen LogP contribution is -2.42. The molecule has 2 aliphatic heterocycles. The van der Waals surface area contributed by atoms with Crippen molar-refractivity contribution < 1.29 is 24.2 Å². The van der Waals surface area contributed by atoms with Crippen molar-refractivity contribution in [2.75, 3.05) is 19.8 Å². The second kappa shape index (κ2) is 13.2. The molecule has 2 aliphatic rings. The normalized spacial score (nSPS) is 25.1. The van der Waals surface area contributed by atoms with Crippen molar-refractivity contribution in [3.05, 3.63) is 83.9 Å². The number of likely N-dealkylation sites (tertiary alicyclic amines) is 1. The monoisotopic (exact) mass is 504 g/mol. The highest BCUT2D eigenvalue weighted by molar-refractivity contribution is 5.86. The number of hydrogen-bond acceptors (Lipinski definition) is 5. The van der Waals surface area contributed by atoms with Crippen LogP contribution in [0.1, 0.15) is 49.3 Å². The summed E-state index contributed by atoms with van der Waals surface area (Å²) in [5.41, 5.74) is 1.89. The molecule has 2 N–H and O–H groups in total. The molecule has 1 saturated heterocycles. The lowest BCUT2D eigenvalue weighted by molar-refractivity contribution is -0.150. The van der Waals surface area contributed by atoms with Gasteiger partial charge in [-0.3, -0.25) is 14.4 Å². The molecular formula is C30H36N2O5. The van der Waals surface area contributed by atoms with Crippen molar-refractivity contribution in [3.8, 4) is 0 Å². The number of hydrogen-bond donors (Lipinski definition) is 2. The van der Waals surface area contributed by atoms with Crippen LogP contribution >= 0.6 is 0 Å². The molecule has 1 fully saturated rings. The Kier molecular flexibility index (Phi) is 9.49. The molecular weight excluding hydrogens is 468 g/mol. The van der Waals surface area contributed by atoms with E-state index in [9.17, 15) is 19.5 Å². The molecule has 2 heterocycles. The fraction of sp³-hybridized carbons (Fsp3) is 0.433. The molecule has 2 aromatic carbocycles. The molecule has 4 unspecified atom stereocenters. The first kappa shape index (κ1) is 26.6. The number of aliphatic hydroxyl groups is 1. The van der Waals surface area contributed by atoms with Gasteiger partial charge in [-0.1, -0.05) is 72.8 Å². The fourth-order valence-electron chi connectivity index (χ4n) is 5.13. The van der Waals surface area contributed by atoms with Crippen molar-refractivity contribution in [1.82, 2.24) is 10.2 Å². The Morgan fingerprint density at radius 1 is 0.973 bits per heavy atom. The molecule has 196 valence electrons. The van der Waals surface area contributed by atoms with E-state index in [-0.39, 0.29) is 49.4 Å². The average Bonchev–Trinajstić information content (AvgIpc) is 3.41. The number of rotatable bonds is 6. The molecule has 7 heteroatoms. The first-order valence-corrected chi connectivity index (χ1v) is 13.2. The maximum absolute atomic E-state index is 13.4. The Labute approximate surface area is 218 Å². The molecule has 2 aromatic rings. The zero-order chi connectivity index (χ0) is 26.0. The number of cyclic esters (lactones) is 1. The topological polar surface area (TPSA) is 95.9 Å². The fourth-order valence-corrected chi connectivity index (χ4v) is 5.13. The van der Waals surface area contributed by atoms with Gasteiger partial charge in [0.25, 0.3) is 0 Å². The minimum absolute atomic E-state index is 0.0168. The van der Waals surface area contributed by atoms with E-state index in [0.29, 0.717) is 25.8 Å². The van der Waals surface area contributed by atoms with E-state index in [2.05, 4.69) is 5.32 Å². The van der Waals surface area contributed by atoms with Crippen molar-refractivity contribution >= 4 is 17.8 Å². The van der Waals surface area contributed by atoms with Gasteiger partial charge in [-0.2, -0.15) is 0 Å². The lowest BCUT2D eigenvalue weighted by Gasteiger charge is -2.27. The molecule has 4 rings (SSSR count). The van der Waals surface area contributed by atoms with Gasteiger partial charge in [-0.25, -0.2) is 0 Å². The summed E-state index contributed by atoms with van der Waals surface area (Å²) in [6.07, 6.45) is 6.97. The van der Waals surface area contributed by atoms with Gasteiger partial charge < -0.3 is 20.1 Å². The Hall–Kier alpha value is -3.45. The third kappa shape index (κ3) is 7.29. The van der Waals surface area contributed by atoms with Gasteiger partial charge in [0.2, 0.25) is 11.8 Å². The number of carbonyl (C=O) groups excluding carboxylic acids is 3. The van der Waals surface area contributed by atoms with Crippen LogP contribution in [0.25, 0.3) is 0 Å². The Balaban J connectivity index is 1.54. The van der Waals surface area contributed by atoms with Crippen LogP contribution in [0.3, 0.4) is 0 Å². The number of amides is 2. The maximum Gasteiger partial charge on any atom is 0.309 e. The van der Waals surface area contributed by atoms with Crippen molar-refractivity contribution in [3.63, 3.8) is 0 Å². The molecule has 0 saturated carbocycles. The Morgan fingerprint density at radius 2 is 1.65 bits per heavy atom. The van der Waals surface area contributed by atoms with Crippen LogP contribution in [0.15, 0.2) is 72.8 Å². The number of aliphatic hydroxyl groups excluding tert-OH is 1. The van der Waals surface area contributed by atoms with E-state index in [1.165, 1.54) is 0 Å². The second-order valence-electron chi connectivity index (χ2n) is 9.90. The van der Waals surface area contributed by atoms with E-state index in [1.54, 1.807) is 4.90 Å². The number of benzene rings is 2. The summed E-state index contributed by atoms with van der Waals surface area (Å²) < 4.78 is 5.75. The molecule has 7 nitrogen and oxygen atoms in total. The second-order valence-corrected chi connectivity index (χ2v) is 9.90. The lowest BCUT2D eigenvalue weighted by atomic mass is 9.94. The van der Waals surface area contributed by atoms with Gasteiger partial charge in [-0.15, -0.1) is 0 Å². The highest BCUT2D eigenvalue weighted by atomic mass is 16.5. The van der Waals surface area contributed by atoms with Crippen LogP contribution in [0.2, 0.25) is 0 Å². The number of carbonyl (C=O) groups is 3. The first-order chi connectivity index (χ1) is 18.0. The number of nitrogens with zero attached hydrogens (tertiary/aromatic N) is 1. The number of allylic oxidation sites excluding steroid dienone is 2. The molecule has 2 amide bonds. The number of nitrogens with one attached hydrogen (secondary N) is 1. The van der Waals surface area contributed by atoms with Crippen molar-refractivity contribution in [2.45, 2.75) is 50.6 Å². The average molecular weight is 505 g/mol. The molecule has 4 atom stereocenters. The molecule has 0 aliphatic carbocycles. The third-order valence-electron chi connectivity index (χ3n) is 7.28. The summed E-state index contributed by atoms with van der Waals surface area (Å²) in [5.74, 6) is -1.55. The van der Waals surface area contributed by atoms with Crippen LogP contribution < -0.4 is 5.32 Å². The van der Waals surface area contributed by atoms with E-state index in [1.807, 2.05) is 72.8 Å². The predicted octanol–water partition coefficient (Wildman–Crippen LogP) is 3.59. The SMILES string of the molecule is O=C1NC(c2ccccc2)COC(=O)C(Cc2ccccc2)CC=CCC1CC(=O)N1CCCC1CO. The Bertz CT molecular complexity index is 1070. The van der Waals surface area contributed by atoms with Crippen molar-refractivity contribution in [2.24, 2.45) is 11.8 Å². The summed E-state index contributed by atoms with van der Waals surface area (Å²) in [6, 6.07) is 18.6. The van der Waals surface area contributed by atoms with Crippen LogP contribution in [0, 0.1) is 11.8 Å². The maximum atomic E-state index is 13.4. The minimum Gasteiger partial charge on any atom is -0.463 e. The summed E-state index contributed by atoms with van der Waals surface area (Å²) in [4.78, 5) is 41.3. The zero-order valence-corrected chi connectivity index (χ0v) is 21.1. The standard InChI is InChI=1S/C30H36N2O5/c33-20-26-16-9-17-32(26)28(34)19-24-14-7-8-15-25(18-22-10-3-1-4-11-22)30(36)37-21-27(31-29(24)35)23-12-5-2-6-13-23/h1-8,10-13,24-27,33H,9,14-21H2,(H,31,35). The van der Waals surface area contributed by atoms with Crippen LogP contribution in [0.5, 0.6) is 0 Å². The quantitative estimate of drug-likeness (QED) is 0.463. The summed E-state index contributed by atoms with van der Waals surface area (Å²) >= 11 is 0. The van der Waals surface area contributed by atoms with Crippen LogP contribution in [-0.4, -0.2) is 53.6 Å². The Morgan fingerprint density at radius 3 is 2.35 bits per heavy atom. The largest absolute Gasteiger partial charge is 0.463 e. The van der Waals surface area contributed by atoms with Gasteiger partial charge >= 0.3 is 5.97 Å². The number of ether oxygens (including phenoxy) is 1. The number of esters is 1. The van der Waals surface area contributed by atoms with E-state index in [4.69, 9.17) is 4.74 Å². The summed E-state index contributed by atoms with van der Waals surface area (Å²) in [5, 5.41) is 12.7. The summed E-state index contributed by atoms with van der Waals surface area (Å²) in [7, 11) is 0. The van der Waals surface area contributed by atoms with Gasteiger partial charge in [0.1, 0.15) is 6.61 Å². The van der Waals surface area contributed by atoms with E-state index in [0.717, 1.165) is 24.0 Å². The zero-order valence-electron chi connectivity index (χ0n) is 21.1. The van der Waals surface area contributed by atoms with Gasteiger partial charge in [-0.05, 0) is 43.2 Å². The van der Waals surface area contributed by atoms with Crippen molar-refractivity contribution in [1.29, 1.82) is 0 Å². The first-order valence-electron chi connectivity index (χ1n) is 13.2. The van der Waals surface area contributed by atoms with Crippen LogP contribution in [0.4, 0.5) is 0 Å². The smallest absolute Gasteiger partial charge is 0.309 e. The molecule has 0 aromatic heterocycles. The van der Waals surface area contributed by atoms with Crippen LogP contribution in [-0.2, 0) is 25.5 Å². The van der Waals surface area contributed by atoms with E-state index < -0.39 is 12.0 Å². The molecule has 0 bridgehead atoms. The van der Waals surface area contributed by atoms with E-state index >= 15 is 0 Å². The molecule has 0 spiro atoms. The van der Waals surface area contributed by atoms with Gasteiger partial charge in [0.15, 0.2) is 0 Å². The van der Waals surface area contributed by atoms with Gasteiger partial charge in [0.05, 0.1) is 30.5 Å². The third-order valence-corrected chi connectivity index (χ3v) is 7.28. The highest BCUT2D eigenvalue weighted by Gasteiger charge is 2.32. The van der Waals surface area contributed by atoms with Gasteiger partial charge in [0, 0.05) is 13.0 Å². The highest BCUT2D eigenvalue weighted by Crippen LogP contribution is 2.24. The minimum atomic E-state index is -0.558. The molecule has 0 radical (unpaired) electrons.